The lowest BCUT2D eigenvalue weighted by Crippen LogP contribution is -2.16. The summed E-state index contributed by atoms with van der Waals surface area (Å²) in [5.41, 5.74) is 6.61. The lowest BCUT2D eigenvalue weighted by Gasteiger charge is -2.10. The molecule has 0 spiro atoms. The average molecular weight is 455 g/mol. The van der Waals surface area contributed by atoms with Crippen molar-refractivity contribution < 1.29 is 13.9 Å². The first-order chi connectivity index (χ1) is 12.9. The Balaban J connectivity index is 1.82. The molecule has 0 atom stereocenters. The number of amides is 1. The van der Waals surface area contributed by atoms with Gasteiger partial charge in [0.15, 0.2) is 11.5 Å². The molecule has 0 aliphatic carbocycles. The third-order valence-corrected chi connectivity index (χ3v) is 4.46. The van der Waals surface area contributed by atoms with Crippen LogP contribution in [0.4, 0.5) is 15.9 Å². The largest absolute Gasteiger partial charge is 0.495 e. The Labute approximate surface area is 167 Å². The first kappa shape index (κ1) is 19.1. The second kappa shape index (κ2) is 7.93. The van der Waals surface area contributed by atoms with Crippen molar-refractivity contribution in [1.82, 2.24) is 15.0 Å². The number of hydrogen-bond donors (Lipinski definition) is 2. The van der Waals surface area contributed by atoms with Gasteiger partial charge < -0.3 is 15.8 Å². The fraction of sp³-hybridized carbons (Fsp3) is 0.118. The van der Waals surface area contributed by atoms with Gasteiger partial charge in [-0.15, -0.1) is 5.10 Å². The molecule has 3 rings (SSSR count). The number of carbonyl (C=O) groups excluding carboxylic acids is 1. The fourth-order valence-corrected chi connectivity index (χ4v) is 2.87. The normalized spacial score (nSPS) is 10.7. The van der Waals surface area contributed by atoms with E-state index in [2.05, 4.69) is 31.6 Å². The minimum absolute atomic E-state index is 0.0100. The SMILES string of the molecule is COc1ccc(Cl)cc1NC(=O)c1nnn(Cc2ccc(Br)cc2F)c1N. The lowest BCUT2D eigenvalue weighted by molar-refractivity contribution is 0.102. The zero-order valence-electron chi connectivity index (χ0n) is 14.0. The number of nitrogens with two attached hydrogens (primary N) is 1. The van der Waals surface area contributed by atoms with Crippen LogP contribution in [-0.2, 0) is 6.54 Å². The minimum Gasteiger partial charge on any atom is -0.495 e. The molecule has 0 aliphatic rings. The third kappa shape index (κ3) is 4.20. The van der Waals surface area contributed by atoms with E-state index in [4.69, 9.17) is 22.1 Å². The topological polar surface area (TPSA) is 95.1 Å². The molecule has 0 bridgehead atoms. The molecule has 0 radical (unpaired) electrons. The molecule has 1 heterocycles. The molecule has 1 amide bonds. The van der Waals surface area contributed by atoms with E-state index in [0.717, 1.165) is 0 Å². The number of ether oxygens (including phenoxy) is 1. The van der Waals surface area contributed by atoms with Gasteiger partial charge in [0, 0.05) is 15.1 Å². The van der Waals surface area contributed by atoms with Gasteiger partial charge in [0.2, 0.25) is 0 Å². The summed E-state index contributed by atoms with van der Waals surface area (Å²) in [5.74, 6) is -0.573. The van der Waals surface area contributed by atoms with Crippen LogP contribution in [0.5, 0.6) is 5.75 Å². The monoisotopic (exact) mass is 453 g/mol. The summed E-state index contributed by atoms with van der Waals surface area (Å²) in [6, 6.07) is 9.42. The van der Waals surface area contributed by atoms with Gasteiger partial charge in [0.05, 0.1) is 19.3 Å². The Morgan fingerprint density at radius 3 is 2.85 bits per heavy atom. The molecule has 7 nitrogen and oxygen atoms in total. The Kier molecular flexibility index (Phi) is 5.62. The molecule has 0 saturated heterocycles. The van der Waals surface area contributed by atoms with E-state index in [1.54, 1.807) is 24.3 Å². The van der Waals surface area contributed by atoms with Gasteiger partial charge >= 0.3 is 0 Å². The Morgan fingerprint density at radius 2 is 2.15 bits per heavy atom. The molecule has 27 heavy (non-hydrogen) atoms. The van der Waals surface area contributed by atoms with Gasteiger partial charge in [-0.1, -0.05) is 38.8 Å². The second-order valence-electron chi connectivity index (χ2n) is 5.52. The van der Waals surface area contributed by atoms with Crippen molar-refractivity contribution in [2.45, 2.75) is 6.54 Å². The molecule has 2 aromatic carbocycles. The number of rotatable bonds is 5. The molecule has 0 aliphatic heterocycles. The van der Waals surface area contributed by atoms with Crippen LogP contribution in [0.3, 0.4) is 0 Å². The molecule has 1 aromatic heterocycles. The number of carbonyl (C=O) groups is 1. The second-order valence-corrected chi connectivity index (χ2v) is 6.87. The van der Waals surface area contributed by atoms with E-state index in [-0.39, 0.29) is 18.1 Å². The number of nitrogens with zero attached hydrogens (tertiary/aromatic N) is 3. The molecule has 140 valence electrons. The summed E-state index contributed by atoms with van der Waals surface area (Å²) < 4.78 is 21.0. The van der Waals surface area contributed by atoms with Crippen LogP contribution < -0.4 is 15.8 Å². The highest BCUT2D eigenvalue weighted by Gasteiger charge is 2.20. The fourth-order valence-electron chi connectivity index (χ4n) is 2.37. The van der Waals surface area contributed by atoms with E-state index >= 15 is 0 Å². The zero-order valence-corrected chi connectivity index (χ0v) is 16.4. The van der Waals surface area contributed by atoms with Crippen molar-refractivity contribution >= 4 is 44.9 Å². The van der Waals surface area contributed by atoms with Crippen LogP contribution >= 0.6 is 27.5 Å². The summed E-state index contributed by atoms with van der Waals surface area (Å²) in [7, 11) is 1.47. The number of methoxy groups -OCH3 is 1. The maximum absolute atomic E-state index is 14.0. The standard InChI is InChI=1S/C17H14BrClFN5O2/c1-27-14-5-4-11(19)7-13(14)22-17(26)15-16(21)25(24-23-15)8-9-2-3-10(18)6-12(9)20/h2-7H,8,21H2,1H3,(H,22,26). The Bertz CT molecular complexity index is 1010. The van der Waals surface area contributed by atoms with Gasteiger partial charge in [-0.25, -0.2) is 9.07 Å². The Hall–Kier alpha value is -2.65. The van der Waals surface area contributed by atoms with E-state index in [9.17, 15) is 9.18 Å². The number of anilines is 2. The lowest BCUT2D eigenvalue weighted by atomic mass is 10.2. The zero-order chi connectivity index (χ0) is 19.6. The van der Waals surface area contributed by atoms with Gasteiger partial charge in [0.1, 0.15) is 11.6 Å². The first-order valence-electron chi connectivity index (χ1n) is 7.67. The predicted molar refractivity (Wildman–Crippen MR) is 104 cm³/mol. The van der Waals surface area contributed by atoms with Crippen molar-refractivity contribution in [3.8, 4) is 5.75 Å². The van der Waals surface area contributed by atoms with Crippen molar-refractivity contribution in [2.24, 2.45) is 0 Å². The molecular formula is C17H14BrClFN5O2. The third-order valence-electron chi connectivity index (χ3n) is 3.73. The molecule has 3 aromatic rings. The number of nitrogens with one attached hydrogen (secondary N) is 1. The predicted octanol–water partition coefficient (Wildman–Crippen LogP) is 3.72. The smallest absolute Gasteiger partial charge is 0.280 e. The van der Waals surface area contributed by atoms with Crippen LogP contribution in [0.25, 0.3) is 0 Å². The van der Waals surface area contributed by atoms with Crippen LogP contribution in [0.15, 0.2) is 40.9 Å². The highest BCUT2D eigenvalue weighted by atomic mass is 79.9. The average Bonchev–Trinajstić information content (AvgIpc) is 2.98. The van der Waals surface area contributed by atoms with Gasteiger partial charge in [0.25, 0.3) is 5.91 Å². The van der Waals surface area contributed by atoms with E-state index < -0.39 is 11.7 Å². The number of aromatic nitrogens is 3. The van der Waals surface area contributed by atoms with E-state index in [1.807, 2.05) is 0 Å². The summed E-state index contributed by atoms with van der Waals surface area (Å²) >= 11 is 9.15. The molecule has 0 unspecified atom stereocenters. The number of halogens is 3. The molecular weight excluding hydrogens is 441 g/mol. The van der Waals surface area contributed by atoms with Crippen molar-refractivity contribution in [1.29, 1.82) is 0 Å². The summed E-state index contributed by atoms with van der Waals surface area (Å²) in [4.78, 5) is 12.5. The highest BCUT2D eigenvalue weighted by Crippen LogP contribution is 2.28. The molecule has 3 N–H and O–H groups in total. The van der Waals surface area contributed by atoms with Gasteiger partial charge in [-0.3, -0.25) is 4.79 Å². The van der Waals surface area contributed by atoms with Crippen molar-refractivity contribution in [2.75, 3.05) is 18.2 Å². The summed E-state index contributed by atoms with van der Waals surface area (Å²) in [5, 5.41) is 10.7. The highest BCUT2D eigenvalue weighted by molar-refractivity contribution is 9.10. The van der Waals surface area contributed by atoms with E-state index in [0.29, 0.717) is 26.5 Å². The number of nitrogen functional groups attached to an aromatic ring is 1. The quantitative estimate of drug-likeness (QED) is 0.613. The van der Waals surface area contributed by atoms with Gasteiger partial charge in [-0.05, 0) is 30.3 Å². The van der Waals surface area contributed by atoms with Crippen molar-refractivity contribution in [3.63, 3.8) is 0 Å². The van der Waals surface area contributed by atoms with Crippen LogP contribution in [0.1, 0.15) is 16.1 Å². The van der Waals surface area contributed by atoms with Crippen LogP contribution in [0.2, 0.25) is 5.02 Å². The molecule has 0 fully saturated rings. The van der Waals surface area contributed by atoms with Crippen LogP contribution in [-0.4, -0.2) is 28.0 Å². The van der Waals surface area contributed by atoms with Crippen LogP contribution in [0, 0.1) is 5.82 Å². The minimum atomic E-state index is -0.587. The van der Waals surface area contributed by atoms with Crippen molar-refractivity contribution in [3.05, 3.63) is 63.0 Å². The summed E-state index contributed by atoms with van der Waals surface area (Å²) in [6.07, 6.45) is 0. The molecule has 10 heteroatoms. The summed E-state index contributed by atoms with van der Waals surface area (Å²) in [6.45, 7) is 0.0334. The number of hydrogen-bond acceptors (Lipinski definition) is 5. The first-order valence-corrected chi connectivity index (χ1v) is 8.84. The maximum Gasteiger partial charge on any atom is 0.280 e. The van der Waals surface area contributed by atoms with Gasteiger partial charge in [-0.2, -0.15) is 0 Å². The van der Waals surface area contributed by atoms with E-state index in [1.165, 1.54) is 23.9 Å². The molecule has 0 saturated carbocycles. The number of benzene rings is 2. The Morgan fingerprint density at radius 1 is 1.37 bits per heavy atom. The maximum atomic E-state index is 14.0.